The Balaban J connectivity index is -0.000000139. The van der Waals surface area contributed by atoms with Crippen LogP contribution < -0.4 is 15.3 Å². The largest absolute Gasteiger partial charge is 4.00 e. The molecule has 1 aliphatic rings. The van der Waals surface area contributed by atoms with Crippen LogP contribution >= 0.6 is 0 Å². The summed E-state index contributed by atoms with van der Waals surface area (Å²) < 4.78 is 0. The molecule has 28 heavy (non-hydrogen) atoms. The molecule has 0 heterocycles. The van der Waals surface area contributed by atoms with E-state index in [9.17, 15) is 15.3 Å². The van der Waals surface area contributed by atoms with Crippen LogP contribution in [-0.2, 0) is 25.8 Å². The Labute approximate surface area is 193 Å². The monoisotopic (exact) mass is 556 g/mol. The fraction of sp³-hybridized carbons (Fsp3) is 0.583. The van der Waals surface area contributed by atoms with Crippen molar-refractivity contribution in [1.82, 2.24) is 0 Å². The molecule has 0 aromatic heterocycles. The minimum absolute atomic E-state index is 0. The summed E-state index contributed by atoms with van der Waals surface area (Å²) in [4.78, 5) is 0. The van der Waals surface area contributed by atoms with Crippen molar-refractivity contribution in [3.05, 3.63) is 61.8 Å². The molecule has 0 saturated heterocycles. The third-order valence-electron chi connectivity index (χ3n) is 3.06. The third kappa shape index (κ3) is 40.2. The zero-order chi connectivity index (χ0) is 21.5. The molecule has 3 unspecified atom stereocenters. The summed E-state index contributed by atoms with van der Waals surface area (Å²) in [6, 6.07) is 0. The molecule has 0 aliphatic heterocycles. The van der Waals surface area contributed by atoms with E-state index in [0.717, 1.165) is 6.42 Å². The van der Waals surface area contributed by atoms with Gasteiger partial charge in [0.25, 0.3) is 0 Å². The van der Waals surface area contributed by atoms with Crippen molar-refractivity contribution in [2.45, 2.75) is 91.0 Å². The zero-order valence-corrected chi connectivity index (χ0v) is 22.0. The summed E-state index contributed by atoms with van der Waals surface area (Å²) in [6.45, 7) is 17.3. The Morgan fingerprint density at radius 2 is 1.32 bits per heavy atom. The van der Waals surface area contributed by atoms with Crippen LogP contribution in [0.1, 0.15) is 72.6 Å². The molecule has 0 fully saturated rings. The average Bonchev–Trinajstić information content (AvgIpc) is 3.07. The van der Waals surface area contributed by atoms with E-state index in [1.54, 1.807) is 39.0 Å². The van der Waals surface area contributed by atoms with Crippen molar-refractivity contribution in [1.29, 1.82) is 0 Å². The molecule has 1 aliphatic carbocycles. The van der Waals surface area contributed by atoms with Crippen molar-refractivity contribution >= 4 is 0 Å². The van der Waals surface area contributed by atoms with Gasteiger partial charge in [-0.05, 0) is 19.3 Å². The van der Waals surface area contributed by atoms with Gasteiger partial charge < -0.3 is 15.3 Å². The third-order valence-corrected chi connectivity index (χ3v) is 3.06. The Kier molecular flexibility index (Phi) is 35.7. The molecular weight excluding hydrogens is 515 g/mol. The molecule has 3 nitrogen and oxygen atoms in total. The quantitative estimate of drug-likeness (QED) is 0.247. The molecule has 158 valence electrons. The van der Waals surface area contributed by atoms with E-state index in [1.165, 1.54) is 24.8 Å². The van der Waals surface area contributed by atoms with Crippen LogP contribution in [0.2, 0.25) is 0 Å². The van der Waals surface area contributed by atoms with Gasteiger partial charge in [0, 0.05) is 0 Å². The van der Waals surface area contributed by atoms with Crippen molar-refractivity contribution < 1.29 is 41.2 Å². The van der Waals surface area contributed by atoms with Gasteiger partial charge in [-0.15, -0.1) is 44.5 Å². The molecule has 0 amide bonds. The molecule has 0 radical (unpaired) electrons. The van der Waals surface area contributed by atoms with Gasteiger partial charge in [-0.25, -0.2) is 11.6 Å². The molecule has 1 rings (SSSR count). The van der Waals surface area contributed by atoms with Gasteiger partial charge in [-0.3, -0.25) is 6.08 Å². The minimum Gasteiger partial charge on any atom is -0.852 e. The van der Waals surface area contributed by atoms with Gasteiger partial charge in [0.2, 0.25) is 0 Å². The van der Waals surface area contributed by atoms with Crippen LogP contribution in [0, 0.1) is 6.08 Å². The Morgan fingerprint density at radius 3 is 1.50 bits per heavy atom. The van der Waals surface area contributed by atoms with Crippen molar-refractivity contribution in [2.24, 2.45) is 0 Å². The van der Waals surface area contributed by atoms with Crippen molar-refractivity contribution in [3.63, 3.8) is 0 Å². The summed E-state index contributed by atoms with van der Waals surface area (Å²) >= 11 is 0. The Hall–Kier alpha value is -0.550. The summed E-state index contributed by atoms with van der Waals surface area (Å²) in [7, 11) is 0. The van der Waals surface area contributed by atoms with Crippen LogP contribution in [0.5, 0.6) is 0 Å². The molecule has 0 N–H and O–H groups in total. The molecule has 3 atom stereocenters. The summed E-state index contributed by atoms with van der Waals surface area (Å²) in [6.07, 6.45) is 17.8. The number of hydrogen-bond acceptors (Lipinski definition) is 3. The smallest absolute Gasteiger partial charge is 0.852 e. The number of unbranched alkanes of at least 4 members (excludes halogenated alkanes) is 1. The van der Waals surface area contributed by atoms with E-state index in [1.807, 2.05) is 0 Å². The maximum Gasteiger partial charge on any atom is 4.00 e. The second-order valence-electron chi connectivity index (χ2n) is 6.42. The summed E-state index contributed by atoms with van der Waals surface area (Å²) in [5.41, 5.74) is 1.41. The van der Waals surface area contributed by atoms with Crippen LogP contribution in [0.15, 0.2) is 55.7 Å². The summed E-state index contributed by atoms with van der Waals surface area (Å²) in [5, 5.41) is 30.2. The van der Waals surface area contributed by atoms with E-state index in [2.05, 4.69) is 44.9 Å². The standard InChI is InChI=1S/C9H13.3C5H9O.Hf/c1-2-3-6-9-7-4-5-8-9;3*1-3-4-5(2)6;/h4,7H,2-3,5-6H2,1H3;3*3,5H,1,4H2,2H3;/q4*-1;+4. The van der Waals surface area contributed by atoms with Crippen LogP contribution in [-0.4, -0.2) is 18.3 Å². The Bertz CT molecular complexity index is 363. The van der Waals surface area contributed by atoms with Crippen molar-refractivity contribution in [2.75, 3.05) is 0 Å². The minimum atomic E-state index is -0.470. The number of rotatable bonds is 9. The molecule has 0 aromatic rings. The van der Waals surface area contributed by atoms with E-state index in [0.29, 0.717) is 19.3 Å². The van der Waals surface area contributed by atoms with E-state index >= 15 is 0 Å². The predicted molar refractivity (Wildman–Crippen MR) is 113 cm³/mol. The van der Waals surface area contributed by atoms with Gasteiger partial charge in [-0.2, -0.15) is 6.08 Å². The molecule has 0 saturated carbocycles. The normalized spacial score (nSPS) is 14.0. The average molecular weight is 555 g/mol. The fourth-order valence-electron chi connectivity index (χ4n) is 1.69. The first-order valence-electron chi connectivity index (χ1n) is 9.81. The summed E-state index contributed by atoms with van der Waals surface area (Å²) in [5.74, 6) is 0. The fourth-order valence-corrected chi connectivity index (χ4v) is 1.69. The maximum absolute atomic E-state index is 10.1. The van der Waals surface area contributed by atoms with Crippen LogP contribution in [0.4, 0.5) is 0 Å². The first kappa shape index (κ1) is 34.9. The van der Waals surface area contributed by atoms with Gasteiger partial charge in [0.05, 0.1) is 0 Å². The predicted octanol–water partition coefficient (Wildman–Crippen LogP) is 3.80. The second kappa shape index (κ2) is 28.7. The molecule has 4 heteroatoms. The van der Waals surface area contributed by atoms with Crippen LogP contribution in [0.3, 0.4) is 0 Å². The second-order valence-corrected chi connectivity index (χ2v) is 6.42. The van der Waals surface area contributed by atoms with Gasteiger partial charge in [-0.1, -0.05) is 65.2 Å². The van der Waals surface area contributed by atoms with Crippen molar-refractivity contribution in [3.8, 4) is 0 Å². The maximum atomic E-state index is 10.1. The number of allylic oxidation sites excluding steroid dienone is 4. The van der Waals surface area contributed by atoms with E-state index in [4.69, 9.17) is 0 Å². The first-order valence-corrected chi connectivity index (χ1v) is 9.81. The molecule has 0 aromatic carbocycles. The first-order chi connectivity index (χ1) is 12.7. The van der Waals surface area contributed by atoms with Gasteiger partial charge in [0.15, 0.2) is 0 Å². The van der Waals surface area contributed by atoms with E-state index < -0.39 is 18.3 Å². The van der Waals surface area contributed by atoms with E-state index in [-0.39, 0.29) is 25.8 Å². The SMILES string of the molecule is C=CCC(C)[O-].C=CCC(C)[O-].C=CCC(C)[O-].CCCCC1=[C-]CC=C1.[Hf+4]. The van der Waals surface area contributed by atoms with Crippen LogP contribution in [0.25, 0.3) is 0 Å². The molecule has 0 spiro atoms. The van der Waals surface area contributed by atoms with Gasteiger partial charge >= 0.3 is 25.8 Å². The van der Waals surface area contributed by atoms with Gasteiger partial charge in [0.1, 0.15) is 0 Å². The topological polar surface area (TPSA) is 69.2 Å². The Morgan fingerprint density at radius 1 is 0.929 bits per heavy atom. The molecule has 0 bridgehead atoms. The zero-order valence-electron chi connectivity index (χ0n) is 18.4. The number of hydrogen-bond donors (Lipinski definition) is 0. The molecular formula is C24H40HfO3.